The van der Waals surface area contributed by atoms with Gasteiger partial charge in [0.1, 0.15) is 12.3 Å². The lowest BCUT2D eigenvalue weighted by Gasteiger charge is -2.01. The molecule has 9 heteroatoms. The Morgan fingerprint density at radius 3 is 3.13 bits per heavy atom. The summed E-state index contributed by atoms with van der Waals surface area (Å²) in [5.74, 6) is 0.0928. The number of halogens is 1. The molecule has 4 aromatic heterocycles. The third-order valence-electron chi connectivity index (χ3n) is 3.09. The van der Waals surface area contributed by atoms with Crippen molar-refractivity contribution in [2.45, 2.75) is 6.61 Å². The van der Waals surface area contributed by atoms with Crippen LogP contribution in [0.5, 0.6) is 0 Å². The van der Waals surface area contributed by atoms with Gasteiger partial charge in [-0.15, -0.1) is 22.7 Å². The van der Waals surface area contributed by atoms with Gasteiger partial charge in [0.25, 0.3) is 0 Å². The van der Waals surface area contributed by atoms with Gasteiger partial charge in [0.15, 0.2) is 21.6 Å². The third kappa shape index (κ3) is 2.65. The van der Waals surface area contributed by atoms with Crippen LogP contribution in [0.4, 0.5) is 0 Å². The van der Waals surface area contributed by atoms with Crippen LogP contribution in [0.25, 0.3) is 15.6 Å². The molecule has 116 valence electrons. The molecule has 0 aliphatic heterocycles. The van der Waals surface area contributed by atoms with Crippen molar-refractivity contribution in [3.8, 4) is 10.6 Å². The summed E-state index contributed by atoms with van der Waals surface area (Å²) in [6.45, 7) is 0.00140. The minimum Gasteiger partial charge on any atom is -0.454 e. The fourth-order valence-corrected chi connectivity index (χ4v) is 3.75. The van der Waals surface area contributed by atoms with Crippen molar-refractivity contribution in [1.82, 2.24) is 14.5 Å². The topological polar surface area (TPSA) is 69.6 Å². The maximum atomic E-state index is 12.2. The normalized spacial score (nSPS) is 11.2. The Morgan fingerprint density at radius 2 is 2.30 bits per heavy atom. The van der Waals surface area contributed by atoms with Gasteiger partial charge in [0.2, 0.25) is 0 Å². The molecule has 0 aliphatic rings. The van der Waals surface area contributed by atoms with Gasteiger partial charge in [-0.2, -0.15) is 0 Å². The number of rotatable bonds is 4. The number of hydrogen-bond donors (Lipinski definition) is 0. The SMILES string of the molecule is O=C(OCc1cc(-c2cccs2)on1)c1c(Cl)nc2sccn12. The van der Waals surface area contributed by atoms with Crippen LogP contribution in [0.1, 0.15) is 16.2 Å². The second-order valence-corrected chi connectivity index (χ2v) is 6.72. The van der Waals surface area contributed by atoms with Crippen LogP contribution >= 0.6 is 34.3 Å². The lowest BCUT2D eigenvalue weighted by molar-refractivity contribution is 0.0456. The summed E-state index contributed by atoms with van der Waals surface area (Å²) in [5, 5.41) is 7.80. The predicted octanol–water partition coefficient (Wildman–Crippen LogP) is 4.12. The average Bonchev–Trinajstić information content (AvgIpc) is 3.28. The number of aromatic nitrogens is 3. The molecule has 0 saturated carbocycles. The Hall–Kier alpha value is -2.16. The molecule has 0 spiro atoms. The Balaban J connectivity index is 1.50. The molecule has 4 rings (SSSR count). The van der Waals surface area contributed by atoms with Gasteiger partial charge in [-0.3, -0.25) is 4.40 Å². The van der Waals surface area contributed by atoms with Crippen LogP contribution in [0, 0.1) is 0 Å². The van der Waals surface area contributed by atoms with Gasteiger partial charge < -0.3 is 9.26 Å². The van der Waals surface area contributed by atoms with E-state index in [1.807, 2.05) is 22.9 Å². The monoisotopic (exact) mass is 365 g/mol. The Morgan fingerprint density at radius 1 is 1.39 bits per heavy atom. The zero-order valence-corrected chi connectivity index (χ0v) is 13.8. The quantitative estimate of drug-likeness (QED) is 0.509. The lowest BCUT2D eigenvalue weighted by atomic mass is 10.3. The fourth-order valence-electron chi connectivity index (χ4n) is 2.06. The molecular weight excluding hydrogens is 358 g/mol. The van der Waals surface area contributed by atoms with Crippen molar-refractivity contribution in [2.75, 3.05) is 0 Å². The number of fused-ring (bicyclic) bond motifs is 1. The number of imidazole rings is 1. The molecule has 0 radical (unpaired) electrons. The molecule has 0 fully saturated rings. The molecule has 0 unspecified atom stereocenters. The highest BCUT2D eigenvalue weighted by molar-refractivity contribution is 7.15. The molecule has 6 nitrogen and oxygen atoms in total. The zero-order valence-electron chi connectivity index (χ0n) is 11.4. The lowest BCUT2D eigenvalue weighted by Crippen LogP contribution is -2.08. The number of esters is 1. The molecule has 4 aromatic rings. The first kappa shape index (κ1) is 14.4. The summed E-state index contributed by atoms with van der Waals surface area (Å²) in [6.07, 6.45) is 1.72. The van der Waals surface area contributed by atoms with Crippen molar-refractivity contribution >= 4 is 45.2 Å². The predicted molar refractivity (Wildman–Crippen MR) is 87.0 cm³/mol. The highest BCUT2D eigenvalue weighted by atomic mass is 35.5. The van der Waals surface area contributed by atoms with Crippen molar-refractivity contribution in [3.63, 3.8) is 0 Å². The van der Waals surface area contributed by atoms with Crippen molar-refractivity contribution in [1.29, 1.82) is 0 Å². The minimum absolute atomic E-state index is 0.00140. The van der Waals surface area contributed by atoms with Crippen molar-refractivity contribution in [2.24, 2.45) is 0 Å². The second kappa shape index (κ2) is 5.80. The number of thiazole rings is 1. The summed E-state index contributed by atoms with van der Waals surface area (Å²) in [7, 11) is 0. The summed E-state index contributed by atoms with van der Waals surface area (Å²) < 4.78 is 12.1. The number of hydrogen-bond acceptors (Lipinski definition) is 7. The highest BCUT2D eigenvalue weighted by Crippen LogP contribution is 2.26. The first-order valence-corrected chi connectivity index (χ1v) is 8.64. The third-order valence-corrected chi connectivity index (χ3v) is 4.99. The van der Waals surface area contributed by atoms with Gasteiger partial charge in [0.05, 0.1) is 4.88 Å². The molecule has 0 amide bonds. The minimum atomic E-state index is -0.554. The number of nitrogens with zero attached hydrogens (tertiary/aromatic N) is 3. The molecule has 0 N–H and O–H groups in total. The smallest absolute Gasteiger partial charge is 0.359 e. The Labute approximate surface area is 142 Å². The van der Waals surface area contributed by atoms with Gasteiger partial charge in [-0.05, 0) is 11.4 Å². The van der Waals surface area contributed by atoms with E-state index in [4.69, 9.17) is 20.9 Å². The van der Waals surface area contributed by atoms with Crippen LogP contribution in [-0.2, 0) is 11.3 Å². The van der Waals surface area contributed by atoms with E-state index in [1.165, 1.54) is 11.3 Å². The number of ether oxygens (including phenoxy) is 1. The van der Waals surface area contributed by atoms with Crippen molar-refractivity contribution in [3.05, 3.63) is 51.7 Å². The summed E-state index contributed by atoms with van der Waals surface area (Å²) in [5.41, 5.74) is 0.744. The first-order valence-electron chi connectivity index (χ1n) is 6.50. The molecule has 0 aromatic carbocycles. The molecule has 4 heterocycles. The van der Waals surface area contributed by atoms with Gasteiger partial charge in [0, 0.05) is 17.6 Å². The maximum Gasteiger partial charge on any atom is 0.359 e. The van der Waals surface area contributed by atoms with E-state index in [0.717, 1.165) is 4.88 Å². The molecular formula is C14H8ClN3O3S2. The Kier molecular flexibility index (Phi) is 3.64. The van der Waals surface area contributed by atoms with E-state index < -0.39 is 5.97 Å². The first-order chi connectivity index (χ1) is 11.2. The van der Waals surface area contributed by atoms with E-state index in [2.05, 4.69) is 10.1 Å². The van der Waals surface area contributed by atoms with Crippen molar-refractivity contribution < 1.29 is 14.1 Å². The molecule has 0 atom stereocenters. The van der Waals surface area contributed by atoms with E-state index in [-0.39, 0.29) is 17.5 Å². The van der Waals surface area contributed by atoms with Crippen LogP contribution in [0.2, 0.25) is 5.15 Å². The molecule has 0 aliphatic carbocycles. The van der Waals surface area contributed by atoms with Gasteiger partial charge in [-0.1, -0.05) is 22.8 Å². The van der Waals surface area contributed by atoms with Crippen LogP contribution < -0.4 is 0 Å². The summed E-state index contributed by atoms with van der Waals surface area (Å²) in [6, 6.07) is 5.60. The van der Waals surface area contributed by atoms with Crippen LogP contribution in [-0.4, -0.2) is 20.5 Å². The van der Waals surface area contributed by atoms with Gasteiger partial charge in [-0.25, -0.2) is 9.78 Å². The largest absolute Gasteiger partial charge is 0.454 e. The standard InChI is InChI=1S/C14H8ClN3O3S2/c15-12-11(18-3-5-23-14(18)16-12)13(19)20-7-8-6-9(21-17-8)10-2-1-4-22-10/h1-6H,7H2. The number of thiophene rings is 1. The van der Waals surface area contributed by atoms with Crippen LogP contribution in [0.3, 0.4) is 0 Å². The number of carbonyl (C=O) groups is 1. The zero-order chi connectivity index (χ0) is 15.8. The fraction of sp³-hybridized carbons (Fsp3) is 0.0714. The molecule has 0 bridgehead atoms. The Bertz CT molecular complexity index is 971. The van der Waals surface area contributed by atoms with E-state index in [1.54, 1.807) is 28.0 Å². The second-order valence-electron chi connectivity index (χ2n) is 4.54. The summed E-state index contributed by atoms with van der Waals surface area (Å²) >= 11 is 8.93. The molecule has 0 saturated heterocycles. The maximum absolute atomic E-state index is 12.2. The van der Waals surface area contributed by atoms with Crippen LogP contribution in [0.15, 0.2) is 39.7 Å². The van der Waals surface area contributed by atoms with E-state index in [9.17, 15) is 4.79 Å². The average molecular weight is 366 g/mol. The van der Waals surface area contributed by atoms with E-state index >= 15 is 0 Å². The summed E-state index contributed by atoms with van der Waals surface area (Å²) in [4.78, 5) is 17.9. The van der Waals surface area contributed by atoms with E-state index in [0.29, 0.717) is 16.4 Å². The molecule has 23 heavy (non-hydrogen) atoms. The highest BCUT2D eigenvalue weighted by Gasteiger charge is 2.21. The van der Waals surface area contributed by atoms with Gasteiger partial charge >= 0.3 is 5.97 Å². The number of carbonyl (C=O) groups excluding carboxylic acids is 1.